The van der Waals surface area contributed by atoms with Crippen LogP contribution in [0.15, 0.2) is 4.52 Å². The molecule has 1 N–H and O–H groups in total. The van der Waals surface area contributed by atoms with Crippen molar-refractivity contribution in [3.63, 3.8) is 0 Å². The van der Waals surface area contributed by atoms with Gasteiger partial charge in [0, 0.05) is 25.2 Å². The third-order valence-electron chi connectivity index (χ3n) is 4.31. The highest BCUT2D eigenvalue weighted by molar-refractivity contribution is 5.04. The predicted molar refractivity (Wildman–Crippen MR) is 77.4 cm³/mol. The summed E-state index contributed by atoms with van der Waals surface area (Å²) in [4.78, 5) is 4.64. The van der Waals surface area contributed by atoms with Gasteiger partial charge in [0.1, 0.15) is 0 Å². The zero-order chi connectivity index (χ0) is 14.5. The van der Waals surface area contributed by atoms with E-state index in [9.17, 15) is 0 Å². The van der Waals surface area contributed by atoms with Crippen LogP contribution >= 0.6 is 0 Å². The van der Waals surface area contributed by atoms with Crippen LogP contribution in [0.3, 0.4) is 0 Å². The highest BCUT2D eigenvalue weighted by atomic mass is 16.5. The fourth-order valence-electron chi connectivity index (χ4n) is 3.06. The lowest BCUT2D eigenvalue weighted by Crippen LogP contribution is -2.41. The van der Waals surface area contributed by atoms with Gasteiger partial charge in [-0.2, -0.15) is 4.98 Å². The van der Waals surface area contributed by atoms with Crippen molar-refractivity contribution < 1.29 is 14.0 Å². The van der Waals surface area contributed by atoms with Gasteiger partial charge in [-0.15, -0.1) is 0 Å². The molecule has 6 nitrogen and oxygen atoms in total. The normalized spacial score (nSPS) is 30.4. The molecule has 2 saturated heterocycles. The third-order valence-corrected chi connectivity index (χ3v) is 4.31. The molecule has 0 radical (unpaired) electrons. The minimum absolute atomic E-state index is 0.163. The van der Waals surface area contributed by atoms with Gasteiger partial charge >= 0.3 is 0 Å². The number of hydrogen-bond donors (Lipinski definition) is 1. The van der Waals surface area contributed by atoms with E-state index in [-0.39, 0.29) is 11.8 Å². The highest BCUT2D eigenvalue weighted by Gasteiger charge is 2.32. The minimum atomic E-state index is 0.163. The van der Waals surface area contributed by atoms with E-state index in [4.69, 9.17) is 14.0 Å². The topological polar surface area (TPSA) is 69.4 Å². The molecule has 2 aliphatic rings. The van der Waals surface area contributed by atoms with E-state index in [1.165, 1.54) is 0 Å². The van der Waals surface area contributed by atoms with E-state index >= 15 is 0 Å². The minimum Gasteiger partial charge on any atom is -0.381 e. The Morgan fingerprint density at radius 3 is 2.90 bits per heavy atom. The molecule has 2 fully saturated rings. The van der Waals surface area contributed by atoms with Crippen molar-refractivity contribution in [3.05, 3.63) is 11.7 Å². The van der Waals surface area contributed by atoms with Crippen LogP contribution in [0.4, 0.5) is 0 Å². The Hall–Kier alpha value is -0.980. The van der Waals surface area contributed by atoms with Crippen molar-refractivity contribution in [2.45, 2.75) is 50.5 Å². The van der Waals surface area contributed by atoms with Gasteiger partial charge in [-0.1, -0.05) is 12.1 Å². The summed E-state index contributed by atoms with van der Waals surface area (Å²) in [6.45, 7) is 6.20. The van der Waals surface area contributed by atoms with Crippen LogP contribution in [0.2, 0.25) is 0 Å². The van der Waals surface area contributed by atoms with Crippen LogP contribution in [-0.4, -0.2) is 49.2 Å². The zero-order valence-electron chi connectivity index (χ0n) is 12.7. The molecule has 6 heteroatoms. The Balaban J connectivity index is 1.67. The number of hydrogen-bond acceptors (Lipinski definition) is 6. The van der Waals surface area contributed by atoms with E-state index in [0.29, 0.717) is 25.1 Å². The number of ether oxygens (including phenoxy) is 2. The maximum atomic E-state index is 5.61. The van der Waals surface area contributed by atoms with E-state index < -0.39 is 0 Å². The van der Waals surface area contributed by atoms with Crippen LogP contribution in [-0.2, 0) is 9.47 Å². The maximum Gasteiger partial charge on any atom is 0.233 e. The van der Waals surface area contributed by atoms with Crippen LogP contribution in [0.1, 0.15) is 56.2 Å². The molecule has 0 aliphatic carbocycles. The lowest BCUT2D eigenvalue weighted by atomic mass is 9.95. The van der Waals surface area contributed by atoms with Gasteiger partial charge < -0.3 is 19.3 Å². The van der Waals surface area contributed by atoms with Crippen LogP contribution in [0, 0.1) is 0 Å². The quantitative estimate of drug-likeness (QED) is 0.894. The van der Waals surface area contributed by atoms with E-state index in [1.807, 2.05) is 0 Å². The summed E-state index contributed by atoms with van der Waals surface area (Å²) in [6.07, 6.45) is 4.27. The molecule has 0 aromatic carbocycles. The van der Waals surface area contributed by atoms with Gasteiger partial charge in [0.15, 0.2) is 5.82 Å². The molecule has 1 aromatic heterocycles. The molecule has 0 saturated carbocycles. The molecular weight excluding hydrogens is 270 g/mol. The Morgan fingerprint density at radius 2 is 2.10 bits per heavy atom. The summed E-state index contributed by atoms with van der Waals surface area (Å²) in [7, 11) is 0. The molecular formula is C15H25N3O3. The van der Waals surface area contributed by atoms with Crippen molar-refractivity contribution in [1.29, 1.82) is 0 Å². The maximum absolute atomic E-state index is 5.61. The Bertz CT molecular complexity index is 432. The fourth-order valence-corrected chi connectivity index (χ4v) is 3.06. The summed E-state index contributed by atoms with van der Waals surface area (Å²) in [5, 5.41) is 7.76. The number of rotatable bonds is 5. The Labute approximate surface area is 125 Å². The second-order valence-electron chi connectivity index (χ2n) is 5.94. The van der Waals surface area contributed by atoms with Gasteiger partial charge in [-0.25, -0.2) is 0 Å². The van der Waals surface area contributed by atoms with E-state index in [1.54, 1.807) is 0 Å². The molecule has 0 spiro atoms. The monoisotopic (exact) mass is 295 g/mol. The average Bonchev–Trinajstić information content (AvgIpc) is 3.04. The van der Waals surface area contributed by atoms with Gasteiger partial charge in [-0.05, 0) is 32.2 Å². The van der Waals surface area contributed by atoms with Crippen molar-refractivity contribution in [2.24, 2.45) is 0 Å². The van der Waals surface area contributed by atoms with Gasteiger partial charge in [0.25, 0.3) is 0 Å². The molecule has 0 amide bonds. The smallest absolute Gasteiger partial charge is 0.233 e. The van der Waals surface area contributed by atoms with Gasteiger partial charge in [-0.3, -0.25) is 0 Å². The zero-order valence-corrected chi connectivity index (χ0v) is 12.7. The van der Waals surface area contributed by atoms with Crippen molar-refractivity contribution >= 4 is 0 Å². The van der Waals surface area contributed by atoms with Crippen LogP contribution in [0.5, 0.6) is 0 Å². The molecule has 21 heavy (non-hydrogen) atoms. The summed E-state index contributed by atoms with van der Waals surface area (Å²) >= 11 is 0. The van der Waals surface area contributed by atoms with E-state index in [2.05, 4.69) is 22.4 Å². The van der Waals surface area contributed by atoms with Crippen LogP contribution in [0.25, 0.3) is 0 Å². The van der Waals surface area contributed by atoms with Crippen LogP contribution < -0.4 is 5.32 Å². The first kappa shape index (κ1) is 14.9. The molecule has 118 valence electrons. The summed E-state index contributed by atoms with van der Waals surface area (Å²) in [6, 6.07) is 0.370. The first-order valence-electron chi connectivity index (χ1n) is 8.11. The fraction of sp³-hybridized carbons (Fsp3) is 0.867. The summed E-state index contributed by atoms with van der Waals surface area (Å²) in [5.41, 5.74) is 0. The highest BCUT2D eigenvalue weighted by Crippen LogP contribution is 2.28. The van der Waals surface area contributed by atoms with Crippen molar-refractivity contribution in [2.75, 3.05) is 33.0 Å². The molecule has 3 rings (SSSR count). The second kappa shape index (κ2) is 7.33. The molecule has 3 heterocycles. The molecule has 3 unspecified atom stereocenters. The van der Waals surface area contributed by atoms with Gasteiger partial charge in [0.05, 0.1) is 19.1 Å². The largest absolute Gasteiger partial charge is 0.381 e. The Kier molecular flexibility index (Phi) is 5.22. The molecule has 0 bridgehead atoms. The van der Waals surface area contributed by atoms with Crippen molar-refractivity contribution in [3.8, 4) is 0 Å². The van der Waals surface area contributed by atoms with Gasteiger partial charge in [0.2, 0.25) is 5.89 Å². The Morgan fingerprint density at radius 1 is 1.19 bits per heavy atom. The number of nitrogens with one attached hydrogen (secondary N) is 1. The third kappa shape index (κ3) is 3.62. The first-order chi connectivity index (χ1) is 10.4. The molecule has 3 atom stereocenters. The average molecular weight is 295 g/mol. The summed E-state index contributed by atoms with van der Waals surface area (Å²) < 4.78 is 16.6. The lowest BCUT2D eigenvalue weighted by Gasteiger charge is -2.29. The summed E-state index contributed by atoms with van der Waals surface area (Å²) in [5.74, 6) is 1.95. The second-order valence-corrected chi connectivity index (χ2v) is 5.94. The number of nitrogens with zero attached hydrogens (tertiary/aromatic N) is 2. The van der Waals surface area contributed by atoms with Crippen molar-refractivity contribution in [1.82, 2.24) is 15.5 Å². The first-order valence-corrected chi connectivity index (χ1v) is 8.11. The molecule has 1 aromatic rings. The lowest BCUT2D eigenvalue weighted by molar-refractivity contribution is 0.0498. The molecule has 2 aliphatic heterocycles. The predicted octanol–water partition coefficient (Wildman–Crippen LogP) is 1.84. The SMILES string of the molecule is CCCNC1CCOCC1c1nc(C2CCCOC2)no1. The standard InChI is InChI=1S/C15H25N3O3/c1-2-6-16-13-5-8-20-10-12(13)15-17-14(18-21-15)11-4-3-7-19-9-11/h11-13,16H,2-10H2,1H3. The number of aromatic nitrogens is 2. The van der Waals surface area contributed by atoms with E-state index in [0.717, 1.165) is 51.3 Å².